The second-order valence-electron chi connectivity index (χ2n) is 2.52. The van der Waals surface area contributed by atoms with Gasteiger partial charge in [0.2, 0.25) is 0 Å². The van der Waals surface area contributed by atoms with Crippen LogP contribution >= 0.6 is 0 Å². The molecule has 1 rings (SSSR count). The lowest BCUT2D eigenvalue weighted by Gasteiger charge is -1.93. The Morgan fingerprint density at radius 3 is 2.29 bits per heavy atom. The van der Waals surface area contributed by atoms with Crippen molar-refractivity contribution >= 4 is 0 Å². The Morgan fingerprint density at radius 2 is 2.14 bits per heavy atom. The average Bonchev–Trinajstić information content (AvgIpc) is 1.87. The van der Waals surface area contributed by atoms with E-state index in [1.54, 1.807) is 0 Å². The minimum absolute atomic E-state index is 0.477. The van der Waals surface area contributed by atoms with Crippen LogP contribution in [0.5, 0.6) is 0 Å². The molecule has 42 valence electrons. The van der Waals surface area contributed by atoms with Crippen LogP contribution in [-0.4, -0.2) is 6.17 Å². The fourth-order valence-corrected chi connectivity index (χ4v) is 1.14. The molecule has 7 heavy (non-hydrogen) atoms. The Morgan fingerprint density at radius 1 is 1.43 bits per heavy atom. The van der Waals surface area contributed by atoms with Gasteiger partial charge in [0.05, 0.1) is 0 Å². The number of hydrogen-bond acceptors (Lipinski definition) is 0. The highest BCUT2D eigenvalue weighted by Gasteiger charge is 2.19. The van der Waals surface area contributed by atoms with Crippen LogP contribution in [0.15, 0.2) is 0 Å². The van der Waals surface area contributed by atoms with Gasteiger partial charge in [0.25, 0.3) is 0 Å². The van der Waals surface area contributed by atoms with E-state index >= 15 is 0 Å². The van der Waals surface area contributed by atoms with Crippen molar-refractivity contribution in [3.63, 3.8) is 0 Å². The first-order valence-electron chi connectivity index (χ1n) is 2.93. The maximum absolute atomic E-state index is 12.2. The predicted molar refractivity (Wildman–Crippen MR) is 27.9 cm³/mol. The quantitative estimate of drug-likeness (QED) is 0.439. The third-order valence-electron chi connectivity index (χ3n) is 1.63. The van der Waals surface area contributed by atoms with E-state index in [4.69, 9.17) is 0 Å². The maximum Gasteiger partial charge on any atom is 0.100 e. The van der Waals surface area contributed by atoms with Gasteiger partial charge in [0.1, 0.15) is 6.17 Å². The van der Waals surface area contributed by atoms with Gasteiger partial charge in [-0.3, -0.25) is 0 Å². The minimum atomic E-state index is -0.477. The van der Waals surface area contributed by atoms with E-state index in [0.717, 1.165) is 19.3 Å². The topological polar surface area (TPSA) is 0 Å². The first-order chi connectivity index (χ1) is 3.29. The van der Waals surface area contributed by atoms with Crippen LogP contribution in [0.1, 0.15) is 26.2 Å². The molecule has 0 amide bonds. The van der Waals surface area contributed by atoms with Crippen LogP contribution in [0.4, 0.5) is 4.39 Å². The van der Waals surface area contributed by atoms with E-state index in [-0.39, 0.29) is 0 Å². The highest BCUT2D eigenvalue weighted by Crippen LogP contribution is 2.26. The van der Waals surface area contributed by atoms with Crippen LogP contribution in [0.25, 0.3) is 0 Å². The lowest BCUT2D eigenvalue weighted by Crippen LogP contribution is -1.89. The number of alkyl halides is 1. The molecule has 1 fully saturated rings. The summed E-state index contributed by atoms with van der Waals surface area (Å²) in [4.78, 5) is 0. The second kappa shape index (κ2) is 1.81. The van der Waals surface area contributed by atoms with Gasteiger partial charge in [0.15, 0.2) is 0 Å². The second-order valence-corrected chi connectivity index (χ2v) is 2.52. The predicted octanol–water partition coefficient (Wildman–Crippen LogP) is 2.14. The standard InChI is InChI=1S/C6H11F/c1-5-2-3-6(7)4-5/h5-6H,2-4H2,1H3/t5-,6-/m0/s1. The van der Waals surface area contributed by atoms with Crippen LogP contribution in [-0.2, 0) is 0 Å². The molecule has 0 saturated heterocycles. The maximum atomic E-state index is 12.2. The Labute approximate surface area is 43.7 Å². The molecule has 0 radical (unpaired) electrons. The Hall–Kier alpha value is -0.0700. The summed E-state index contributed by atoms with van der Waals surface area (Å²) < 4.78 is 12.2. The third-order valence-corrected chi connectivity index (χ3v) is 1.63. The van der Waals surface area contributed by atoms with E-state index in [0.29, 0.717) is 5.92 Å². The molecule has 1 aliphatic rings. The van der Waals surface area contributed by atoms with Crippen LogP contribution in [0, 0.1) is 5.92 Å². The highest BCUT2D eigenvalue weighted by atomic mass is 19.1. The molecule has 0 nitrogen and oxygen atoms in total. The van der Waals surface area contributed by atoms with Gasteiger partial charge in [0, 0.05) is 0 Å². The molecule has 1 aliphatic carbocycles. The summed E-state index contributed by atoms with van der Waals surface area (Å²) in [7, 11) is 0. The fourth-order valence-electron chi connectivity index (χ4n) is 1.14. The summed E-state index contributed by atoms with van der Waals surface area (Å²) in [6, 6.07) is 0. The van der Waals surface area contributed by atoms with Crippen molar-refractivity contribution in [2.24, 2.45) is 5.92 Å². The molecule has 2 atom stereocenters. The minimum Gasteiger partial charge on any atom is -0.247 e. The van der Waals surface area contributed by atoms with Gasteiger partial charge >= 0.3 is 0 Å². The van der Waals surface area contributed by atoms with Gasteiger partial charge < -0.3 is 0 Å². The molecule has 0 aromatic heterocycles. The molecule has 0 N–H and O–H groups in total. The monoisotopic (exact) mass is 102 g/mol. The summed E-state index contributed by atoms with van der Waals surface area (Å²) in [6.07, 6.45) is 2.23. The summed E-state index contributed by atoms with van der Waals surface area (Å²) in [5.74, 6) is 0.648. The van der Waals surface area contributed by atoms with E-state index in [1.807, 2.05) is 0 Å². The molecule has 0 bridgehead atoms. The van der Waals surface area contributed by atoms with Gasteiger partial charge in [-0.1, -0.05) is 6.92 Å². The van der Waals surface area contributed by atoms with E-state index < -0.39 is 6.17 Å². The zero-order chi connectivity index (χ0) is 5.28. The zero-order valence-electron chi connectivity index (χ0n) is 4.65. The highest BCUT2D eigenvalue weighted by molar-refractivity contribution is 4.70. The molecule has 1 saturated carbocycles. The number of halogens is 1. The molecule has 0 aliphatic heterocycles. The molecule has 1 heteroatoms. The summed E-state index contributed by atoms with van der Waals surface area (Å²) in [5, 5.41) is 0. The van der Waals surface area contributed by atoms with Crippen molar-refractivity contribution in [2.75, 3.05) is 0 Å². The van der Waals surface area contributed by atoms with Crippen molar-refractivity contribution in [1.29, 1.82) is 0 Å². The molecule has 0 spiro atoms. The smallest absolute Gasteiger partial charge is 0.100 e. The molecule has 0 aromatic rings. The van der Waals surface area contributed by atoms with Crippen molar-refractivity contribution in [3.05, 3.63) is 0 Å². The molecular formula is C6H11F. The van der Waals surface area contributed by atoms with E-state index in [2.05, 4.69) is 6.92 Å². The van der Waals surface area contributed by atoms with Gasteiger partial charge in [-0.25, -0.2) is 4.39 Å². The normalized spacial score (nSPS) is 42.0. The molecular weight excluding hydrogens is 91.1 g/mol. The average molecular weight is 102 g/mol. The first kappa shape index (κ1) is 5.07. The van der Waals surface area contributed by atoms with Crippen molar-refractivity contribution in [3.8, 4) is 0 Å². The van der Waals surface area contributed by atoms with Crippen LogP contribution < -0.4 is 0 Å². The number of hydrogen-bond donors (Lipinski definition) is 0. The Kier molecular flexibility index (Phi) is 1.31. The lowest BCUT2D eigenvalue weighted by atomic mass is 10.1. The van der Waals surface area contributed by atoms with Gasteiger partial charge in [-0.05, 0) is 25.2 Å². The summed E-state index contributed by atoms with van der Waals surface area (Å²) >= 11 is 0. The lowest BCUT2D eigenvalue weighted by molar-refractivity contribution is 0.334. The van der Waals surface area contributed by atoms with Crippen molar-refractivity contribution in [1.82, 2.24) is 0 Å². The summed E-state index contributed by atoms with van der Waals surface area (Å²) in [5.41, 5.74) is 0. The first-order valence-corrected chi connectivity index (χ1v) is 2.93. The molecule has 0 unspecified atom stereocenters. The SMILES string of the molecule is C[C@H]1CC[C@H](F)C1. The van der Waals surface area contributed by atoms with Crippen LogP contribution in [0.2, 0.25) is 0 Å². The Bertz CT molecular complexity index is 53.2. The third kappa shape index (κ3) is 1.15. The van der Waals surface area contributed by atoms with Gasteiger partial charge in [-0.2, -0.15) is 0 Å². The largest absolute Gasteiger partial charge is 0.247 e. The van der Waals surface area contributed by atoms with E-state index in [9.17, 15) is 4.39 Å². The van der Waals surface area contributed by atoms with Gasteiger partial charge in [-0.15, -0.1) is 0 Å². The fraction of sp³-hybridized carbons (Fsp3) is 1.00. The Balaban J connectivity index is 2.26. The van der Waals surface area contributed by atoms with Crippen molar-refractivity contribution in [2.45, 2.75) is 32.4 Å². The zero-order valence-corrected chi connectivity index (χ0v) is 4.65. The molecule has 0 aromatic carbocycles. The molecule has 0 heterocycles. The van der Waals surface area contributed by atoms with Crippen molar-refractivity contribution < 1.29 is 4.39 Å². The van der Waals surface area contributed by atoms with E-state index in [1.165, 1.54) is 0 Å². The number of rotatable bonds is 0. The van der Waals surface area contributed by atoms with Crippen LogP contribution in [0.3, 0.4) is 0 Å². The summed E-state index contributed by atoms with van der Waals surface area (Å²) in [6.45, 7) is 2.11.